The van der Waals surface area contributed by atoms with Crippen LogP contribution in [0.1, 0.15) is 9.75 Å². The Morgan fingerprint density at radius 2 is 1.19 bits per heavy atom. The molecule has 5 rings (SSSR count). The molecule has 1 aliphatic rings. The van der Waals surface area contributed by atoms with Crippen LogP contribution in [-0.2, 0) is 27.2 Å². The summed E-state index contributed by atoms with van der Waals surface area (Å²) in [6.45, 7) is 2.70. The summed E-state index contributed by atoms with van der Waals surface area (Å²) in [6, 6.07) is 23.2. The van der Waals surface area contributed by atoms with Crippen LogP contribution < -0.4 is 0 Å². The highest BCUT2D eigenvalue weighted by molar-refractivity contribution is 7.15. The van der Waals surface area contributed by atoms with Crippen LogP contribution in [0.4, 0.5) is 0 Å². The Morgan fingerprint density at radius 1 is 0.730 bits per heavy atom. The first-order valence-corrected chi connectivity index (χ1v) is 14.0. The minimum Gasteiger partial charge on any atom is -0.481 e. The van der Waals surface area contributed by atoms with Gasteiger partial charge >= 0.3 is 5.97 Å². The van der Waals surface area contributed by atoms with Gasteiger partial charge in [0.25, 0.3) is 0 Å². The van der Waals surface area contributed by atoms with Crippen LogP contribution in [0.25, 0.3) is 20.9 Å². The van der Waals surface area contributed by atoms with Gasteiger partial charge in [0.05, 0.1) is 26.1 Å². The molecular formula is C28H25Cl2NO4S2. The molecule has 0 saturated carbocycles. The number of carbonyl (C=O) groups excluding carboxylic acids is 1. The lowest BCUT2D eigenvalue weighted by Gasteiger charge is -2.26. The number of aliphatic carboxylic acids is 1. The highest BCUT2D eigenvalue weighted by Gasteiger charge is 2.18. The standard InChI is InChI=1S/C16H16ClNO2S.C12H9ClO2S/c17-13-3-1-12(2-4-13)15-6-5-14(21-15)11-16(19)18-7-9-20-10-8-18;13-9-3-1-8(2-4-9)11-6-5-10(16-11)7-12(14)15/h1-6H,7-11H2;1-6H,7H2,(H,14,15). The Morgan fingerprint density at radius 3 is 1.65 bits per heavy atom. The molecule has 5 nitrogen and oxygen atoms in total. The summed E-state index contributed by atoms with van der Waals surface area (Å²) in [5.41, 5.74) is 2.19. The zero-order valence-electron chi connectivity index (χ0n) is 19.9. The number of benzene rings is 2. The van der Waals surface area contributed by atoms with Gasteiger partial charge in [0, 0.05) is 42.6 Å². The van der Waals surface area contributed by atoms with Crippen molar-refractivity contribution in [2.24, 2.45) is 0 Å². The lowest BCUT2D eigenvalue weighted by Crippen LogP contribution is -2.41. The van der Waals surface area contributed by atoms with E-state index in [1.54, 1.807) is 11.3 Å². The maximum atomic E-state index is 12.2. The van der Waals surface area contributed by atoms with Gasteiger partial charge in [-0.05, 0) is 59.7 Å². The zero-order chi connectivity index (χ0) is 26.2. The van der Waals surface area contributed by atoms with Crippen molar-refractivity contribution in [1.82, 2.24) is 4.90 Å². The van der Waals surface area contributed by atoms with E-state index in [2.05, 4.69) is 6.07 Å². The molecule has 1 saturated heterocycles. The first-order valence-electron chi connectivity index (χ1n) is 11.6. The van der Waals surface area contributed by atoms with E-state index in [1.165, 1.54) is 11.3 Å². The fraction of sp³-hybridized carbons (Fsp3) is 0.214. The lowest BCUT2D eigenvalue weighted by molar-refractivity contribution is -0.136. The first-order chi connectivity index (χ1) is 17.9. The summed E-state index contributed by atoms with van der Waals surface area (Å²) in [4.78, 5) is 28.8. The van der Waals surface area contributed by atoms with Crippen molar-refractivity contribution < 1.29 is 19.4 Å². The third-order valence-corrected chi connectivity index (χ3v) is 8.37. The smallest absolute Gasteiger partial charge is 0.308 e. The molecule has 0 unspecified atom stereocenters. The third-order valence-electron chi connectivity index (χ3n) is 5.60. The van der Waals surface area contributed by atoms with Gasteiger partial charge in [0.15, 0.2) is 0 Å². The van der Waals surface area contributed by atoms with E-state index in [9.17, 15) is 9.59 Å². The van der Waals surface area contributed by atoms with Crippen molar-refractivity contribution in [3.63, 3.8) is 0 Å². The van der Waals surface area contributed by atoms with Crippen LogP contribution in [0, 0.1) is 0 Å². The van der Waals surface area contributed by atoms with Crippen LogP contribution in [0.15, 0.2) is 72.8 Å². The quantitative estimate of drug-likeness (QED) is 0.265. The van der Waals surface area contributed by atoms with Crippen LogP contribution in [0.3, 0.4) is 0 Å². The Bertz CT molecular complexity index is 1330. The number of hydrogen-bond acceptors (Lipinski definition) is 5. The molecular weight excluding hydrogens is 549 g/mol. The molecule has 0 spiro atoms. The van der Waals surface area contributed by atoms with Crippen molar-refractivity contribution in [2.45, 2.75) is 12.8 Å². The van der Waals surface area contributed by atoms with Crippen molar-refractivity contribution in [3.05, 3.63) is 92.6 Å². The monoisotopic (exact) mass is 573 g/mol. The van der Waals surface area contributed by atoms with Crippen LogP contribution in [-0.4, -0.2) is 48.2 Å². The van der Waals surface area contributed by atoms with E-state index in [4.69, 9.17) is 33.0 Å². The van der Waals surface area contributed by atoms with Crippen molar-refractivity contribution in [2.75, 3.05) is 26.3 Å². The van der Waals surface area contributed by atoms with Gasteiger partial charge in [-0.25, -0.2) is 0 Å². The van der Waals surface area contributed by atoms with Gasteiger partial charge in [0.1, 0.15) is 0 Å². The number of carbonyl (C=O) groups is 2. The average Bonchev–Trinajstić information content (AvgIpc) is 3.55. The molecule has 4 aromatic rings. The molecule has 37 heavy (non-hydrogen) atoms. The van der Waals surface area contributed by atoms with Crippen molar-refractivity contribution >= 4 is 57.8 Å². The Kier molecular flexibility index (Phi) is 9.77. The second-order valence-corrected chi connectivity index (χ2v) is 11.5. The van der Waals surface area contributed by atoms with E-state index in [0.29, 0.717) is 37.7 Å². The minimum atomic E-state index is -0.801. The molecule has 0 radical (unpaired) electrons. The summed E-state index contributed by atoms with van der Waals surface area (Å²) in [7, 11) is 0. The fourth-order valence-electron chi connectivity index (χ4n) is 3.71. The molecule has 9 heteroatoms. The van der Waals surface area contributed by atoms with Gasteiger partial charge in [-0.2, -0.15) is 0 Å². The van der Waals surface area contributed by atoms with E-state index in [-0.39, 0.29) is 12.3 Å². The number of rotatable bonds is 6. The SMILES string of the molecule is O=C(Cc1ccc(-c2ccc(Cl)cc2)s1)N1CCOCC1.O=C(O)Cc1ccc(-c2ccc(Cl)cc2)s1. The Labute approximate surface area is 233 Å². The molecule has 0 atom stereocenters. The molecule has 0 bridgehead atoms. The number of amides is 1. The van der Waals surface area contributed by atoms with E-state index in [0.717, 1.165) is 35.7 Å². The molecule has 192 valence electrons. The summed E-state index contributed by atoms with van der Waals surface area (Å²) >= 11 is 14.9. The Balaban J connectivity index is 0.000000180. The number of carboxylic acid groups (broad SMARTS) is 1. The van der Waals surface area contributed by atoms with E-state index >= 15 is 0 Å². The first kappa shape index (κ1) is 27.4. The van der Waals surface area contributed by atoms with Gasteiger partial charge in [-0.3, -0.25) is 9.59 Å². The molecule has 3 heterocycles. The van der Waals surface area contributed by atoms with Crippen LogP contribution in [0.5, 0.6) is 0 Å². The van der Waals surface area contributed by atoms with Gasteiger partial charge in [-0.1, -0.05) is 47.5 Å². The summed E-state index contributed by atoms with van der Waals surface area (Å²) in [6.07, 6.45) is 0.552. The van der Waals surface area contributed by atoms with Crippen LogP contribution >= 0.6 is 45.9 Å². The van der Waals surface area contributed by atoms with Gasteiger partial charge in [0.2, 0.25) is 5.91 Å². The predicted molar refractivity (Wildman–Crippen MR) is 152 cm³/mol. The number of thiophene rings is 2. The topological polar surface area (TPSA) is 66.8 Å². The normalized spacial score (nSPS) is 13.1. The number of hydrogen-bond donors (Lipinski definition) is 1. The largest absolute Gasteiger partial charge is 0.481 e. The number of ether oxygens (including phenoxy) is 1. The van der Waals surface area contributed by atoms with Crippen molar-refractivity contribution in [1.29, 1.82) is 0 Å². The second kappa shape index (κ2) is 13.2. The highest BCUT2D eigenvalue weighted by Crippen LogP contribution is 2.30. The zero-order valence-corrected chi connectivity index (χ0v) is 23.0. The molecule has 1 amide bonds. The number of carboxylic acids is 1. The summed E-state index contributed by atoms with van der Waals surface area (Å²) in [5, 5.41) is 10.1. The second-order valence-electron chi connectivity index (χ2n) is 8.29. The van der Waals surface area contributed by atoms with E-state index < -0.39 is 5.97 Å². The maximum absolute atomic E-state index is 12.2. The third kappa shape index (κ3) is 8.15. The number of halogens is 2. The lowest BCUT2D eigenvalue weighted by atomic mass is 10.2. The molecule has 1 fully saturated rings. The van der Waals surface area contributed by atoms with E-state index in [1.807, 2.05) is 71.6 Å². The van der Waals surface area contributed by atoms with Gasteiger partial charge < -0.3 is 14.7 Å². The highest BCUT2D eigenvalue weighted by atomic mass is 35.5. The molecule has 1 aliphatic heterocycles. The fourth-order valence-corrected chi connectivity index (χ4v) is 5.97. The average molecular weight is 575 g/mol. The summed E-state index contributed by atoms with van der Waals surface area (Å²) in [5.74, 6) is -0.618. The van der Waals surface area contributed by atoms with Crippen molar-refractivity contribution in [3.8, 4) is 20.9 Å². The number of morpholine rings is 1. The molecule has 2 aromatic carbocycles. The van der Waals surface area contributed by atoms with Gasteiger partial charge in [-0.15, -0.1) is 22.7 Å². The molecule has 1 N–H and O–H groups in total. The van der Waals surface area contributed by atoms with Crippen LogP contribution in [0.2, 0.25) is 10.0 Å². The molecule has 0 aliphatic carbocycles. The Hall–Kier alpha value is -2.68. The predicted octanol–water partition coefficient (Wildman–Crippen LogP) is 7.17. The summed E-state index contributed by atoms with van der Waals surface area (Å²) < 4.78 is 5.27. The number of nitrogens with zero attached hydrogens (tertiary/aromatic N) is 1. The molecule has 2 aromatic heterocycles. The minimum absolute atomic E-state index is 0.0816. The maximum Gasteiger partial charge on any atom is 0.308 e.